The molecule has 192 valence electrons. The van der Waals surface area contributed by atoms with Gasteiger partial charge in [-0.3, -0.25) is 20.2 Å². The summed E-state index contributed by atoms with van der Waals surface area (Å²) in [5, 5.41) is 15.7. The number of nitrogens with one attached hydrogen (secondary N) is 5. The maximum absolute atomic E-state index is 13.5. The molecule has 5 fully saturated rings. The molecule has 2 amide bonds. The molecule has 10 nitrogen and oxygen atoms in total. The van der Waals surface area contributed by atoms with Crippen LogP contribution in [0.15, 0.2) is 0 Å². The Morgan fingerprint density at radius 1 is 1.12 bits per heavy atom. The standard InChI is InChI=1S/C23H41N7O3S/c1-13-8-15(14-6-4-5-7-18(14)33-3)16(9-24-13)21(31)28-23-27-17-10-30(11-19(17)34-23)22(32)20-25-12-26-29(20)2/h13-20,23-27H,4-12H2,1-3H3,(H,28,31). The van der Waals surface area contributed by atoms with Crippen LogP contribution in [-0.4, -0.2) is 97.3 Å². The van der Waals surface area contributed by atoms with Crippen LogP contribution in [0.5, 0.6) is 0 Å². The smallest absolute Gasteiger partial charge is 0.256 e. The van der Waals surface area contributed by atoms with Crippen LogP contribution < -0.4 is 26.7 Å². The monoisotopic (exact) mass is 495 g/mol. The number of hydrogen-bond donors (Lipinski definition) is 5. The van der Waals surface area contributed by atoms with Crippen molar-refractivity contribution >= 4 is 23.6 Å². The summed E-state index contributed by atoms with van der Waals surface area (Å²) in [7, 11) is 3.71. The van der Waals surface area contributed by atoms with Gasteiger partial charge in [-0.1, -0.05) is 12.8 Å². The van der Waals surface area contributed by atoms with Crippen LogP contribution in [0.2, 0.25) is 0 Å². The number of piperidine rings is 1. The van der Waals surface area contributed by atoms with Gasteiger partial charge >= 0.3 is 0 Å². The van der Waals surface area contributed by atoms with Crippen LogP contribution >= 0.6 is 11.8 Å². The fourth-order valence-electron chi connectivity index (χ4n) is 6.70. The molecular formula is C23H41N7O3S. The number of likely N-dealkylation sites (N-methyl/N-ethyl adjacent to an activating group) is 1. The van der Waals surface area contributed by atoms with Gasteiger partial charge < -0.3 is 20.3 Å². The third kappa shape index (κ3) is 4.98. The van der Waals surface area contributed by atoms with E-state index in [9.17, 15) is 9.59 Å². The SMILES string of the molecule is COC1CCCCC1C1CC(C)NCC1C(=O)NC1NC2CN(C(=O)C3NCNN3C)CC2S1. The maximum Gasteiger partial charge on any atom is 0.256 e. The van der Waals surface area contributed by atoms with Gasteiger partial charge in [0.1, 0.15) is 5.50 Å². The summed E-state index contributed by atoms with van der Waals surface area (Å²) in [4.78, 5) is 28.3. The van der Waals surface area contributed by atoms with Gasteiger partial charge in [0.05, 0.1) is 18.7 Å². The number of fused-ring (bicyclic) bond motifs is 1. The van der Waals surface area contributed by atoms with Crippen LogP contribution in [0.1, 0.15) is 39.0 Å². The Morgan fingerprint density at radius 3 is 2.68 bits per heavy atom. The lowest BCUT2D eigenvalue weighted by atomic mass is 9.68. The van der Waals surface area contributed by atoms with E-state index in [4.69, 9.17) is 4.74 Å². The van der Waals surface area contributed by atoms with Crippen LogP contribution in [0.4, 0.5) is 0 Å². The molecule has 11 heteroatoms. The third-order valence-electron chi connectivity index (χ3n) is 8.54. The molecule has 5 N–H and O–H groups in total. The molecule has 34 heavy (non-hydrogen) atoms. The van der Waals surface area contributed by atoms with E-state index in [0.717, 1.165) is 25.8 Å². The number of methoxy groups -OCH3 is 1. The minimum Gasteiger partial charge on any atom is -0.381 e. The highest BCUT2D eigenvalue weighted by atomic mass is 32.2. The number of rotatable bonds is 5. The molecule has 4 heterocycles. The molecule has 0 aromatic rings. The molecule has 0 radical (unpaired) electrons. The van der Waals surface area contributed by atoms with Gasteiger partial charge in [0.25, 0.3) is 5.91 Å². The van der Waals surface area contributed by atoms with Gasteiger partial charge in [0.15, 0.2) is 6.17 Å². The second kappa shape index (κ2) is 10.6. The molecule has 4 aliphatic heterocycles. The second-order valence-electron chi connectivity index (χ2n) is 10.7. The first-order valence-electron chi connectivity index (χ1n) is 12.9. The van der Waals surface area contributed by atoms with Crippen molar-refractivity contribution in [2.45, 2.75) is 74.1 Å². The van der Waals surface area contributed by atoms with Gasteiger partial charge in [-0.25, -0.2) is 10.4 Å². The molecule has 9 atom stereocenters. The molecule has 1 aliphatic carbocycles. The normalized spacial score (nSPS) is 43.1. The molecule has 0 aromatic carbocycles. The van der Waals surface area contributed by atoms with Gasteiger partial charge in [0.2, 0.25) is 5.91 Å². The van der Waals surface area contributed by atoms with Crippen molar-refractivity contribution < 1.29 is 14.3 Å². The highest BCUT2D eigenvalue weighted by molar-refractivity contribution is 8.00. The minimum atomic E-state index is -0.312. The summed E-state index contributed by atoms with van der Waals surface area (Å²) in [6.45, 7) is 4.95. The lowest BCUT2D eigenvalue weighted by molar-refractivity contribution is -0.136. The Morgan fingerprint density at radius 2 is 1.94 bits per heavy atom. The van der Waals surface area contributed by atoms with Crippen LogP contribution in [0.3, 0.4) is 0 Å². The Balaban J connectivity index is 1.16. The molecule has 5 rings (SSSR count). The van der Waals surface area contributed by atoms with Gasteiger partial charge in [-0.05, 0) is 38.0 Å². The van der Waals surface area contributed by atoms with E-state index in [1.54, 1.807) is 11.8 Å². The number of nitrogens with zero attached hydrogens (tertiary/aromatic N) is 2. The summed E-state index contributed by atoms with van der Waals surface area (Å²) in [6, 6.07) is 0.634. The van der Waals surface area contributed by atoms with E-state index in [1.807, 2.05) is 24.1 Å². The van der Waals surface area contributed by atoms with E-state index in [1.165, 1.54) is 12.8 Å². The zero-order valence-electron chi connectivity index (χ0n) is 20.6. The Labute approximate surface area is 207 Å². The molecular weight excluding hydrogens is 454 g/mol. The Bertz CT molecular complexity index is 746. The number of likely N-dealkylation sites (tertiary alicyclic amines) is 1. The fourth-order valence-corrected chi connectivity index (χ4v) is 8.10. The molecule has 5 aliphatic rings. The first-order valence-corrected chi connectivity index (χ1v) is 13.9. The van der Waals surface area contributed by atoms with Crippen molar-refractivity contribution in [3.8, 4) is 0 Å². The molecule has 0 bridgehead atoms. The summed E-state index contributed by atoms with van der Waals surface area (Å²) >= 11 is 1.75. The fraction of sp³-hybridized carbons (Fsp3) is 0.913. The van der Waals surface area contributed by atoms with Gasteiger partial charge in [-0.15, -0.1) is 11.8 Å². The average Bonchev–Trinajstić information content (AvgIpc) is 3.53. The minimum absolute atomic E-state index is 0.0330. The summed E-state index contributed by atoms with van der Waals surface area (Å²) in [5.41, 5.74) is 3.01. The van der Waals surface area contributed by atoms with Crippen LogP contribution in [0, 0.1) is 17.8 Å². The first-order chi connectivity index (χ1) is 16.4. The van der Waals surface area contributed by atoms with E-state index in [0.29, 0.717) is 42.9 Å². The first kappa shape index (κ1) is 24.7. The predicted molar refractivity (Wildman–Crippen MR) is 131 cm³/mol. The van der Waals surface area contributed by atoms with Crippen molar-refractivity contribution in [3.63, 3.8) is 0 Å². The quantitative estimate of drug-likeness (QED) is 0.343. The molecule has 0 spiro atoms. The number of hydrazine groups is 1. The van der Waals surface area contributed by atoms with Crippen molar-refractivity contribution in [2.24, 2.45) is 17.8 Å². The van der Waals surface area contributed by atoms with Crippen molar-refractivity contribution in [1.82, 2.24) is 36.6 Å². The molecule has 4 saturated heterocycles. The van der Waals surface area contributed by atoms with Crippen LogP contribution in [-0.2, 0) is 14.3 Å². The Hall–Kier alpha value is -0.950. The number of thioether (sulfide) groups is 1. The molecule has 0 aromatic heterocycles. The summed E-state index contributed by atoms with van der Waals surface area (Å²) < 4.78 is 5.86. The van der Waals surface area contributed by atoms with Crippen molar-refractivity contribution in [2.75, 3.05) is 40.5 Å². The van der Waals surface area contributed by atoms with E-state index >= 15 is 0 Å². The Kier molecular flexibility index (Phi) is 7.69. The number of hydrogen-bond acceptors (Lipinski definition) is 9. The predicted octanol–water partition coefficient (Wildman–Crippen LogP) is -0.555. The van der Waals surface area contributed by atoms with Crippen molar-refractivity contribution in [3.05, 3.63) is 0 Å². The number of carbonyl (C=O) groups is 2. The van der Waals surface area contributed by atoms with Crippen molar-refractivity contribution in [1.29, 1.82) is 0 Å². The van der Waals surface area contributed by atoms with Crippen LogP contribution in [0.25, 0.3) is 0 Å². The lowest BCUT2D eigenvalue weighted by Gasteiger charge is -2.44. The zero-order chi connectivity index (χ0) is 23.8. The average molecular weight is 496 g/mol. The highest BCUT2D eigenvalue weighted by Crippen LogP contribution is 2.40. The topological polar surface area (TPSA) is 110 Å². The van der Waals surface area contributed by atoms with Gasteiger partial charge in [0, 0.05) is 51.1 Å². The number of ether oxygens (including phenoxy) is 1. The zero-order valence-corrected chi connectivity index (χ0v) is 21.4. The second-order valence-corrected chi connectivity index (χ2v) is 12.0. The molecule has 1 saturated carbocycles. The lowest BCUT2D eigenvalue weighted by Crippen LogP contribution is -2.55. The van der Waals surface area contributed by atoms with E-state index in [-0.39, 0.29) is 41.5 Å². The van der Waals surface area contributed by atoms with E-state index in [2.05, 4.69) is 33.6 Å². The molecule has 9 unspecified atom stereocenters. The largest absolute Gasteiger partial charge is 0.381 e. The van der Waals surface area contributed by atoms with Gasteiger partial charge in [-0.2, -0.15) is 0 Å². The summed E-state index contributed by atoms with van der Waals surface area (Å²) in [6.07, 6.45) is 5.70. The van der Waals surface area contributed by atoms with E-state index < -0.39 is 0 Å². The maximum atomic E-state index is 13.5. The highest BCUT2D eigenvalue weighted by Gasteiger charge is 2.47. The number of amides is 2. The summed E-state index contributed by atoms with van der Waals surface area (Å²) in [5.74, 6) is 1.03. The third-order valence-corrected chi connectivity index (χ3v) is 9.90. The number of carbonyl (C=O) groups excluding carboxylic acids is 2.